The van der Waals surface area contributed by atoms with E-state index in [0.29, 0.717) is 0 Å². The summed E-state index contributed by atoms with van der Waals surface area (Å²) in [6.07, 6.45) is 0. The molecular weight excluding hydrogens is 204 g/mol. The quantitative estimate of drug-likeness (QED) is 0.575. The second-order valence-corrected chi connectivity index (χ2v) is 4.90. The summed E-state index contributed by atoms with van der Waals surface area (Å²) in [6.45, 7) is 4.15. The highest BCUT2D eigenvalue weighted by Gasteiger charge is 2.14. The Hall–Kier alpha value is -1.48. The Kier molecular flexibility index (Phi) is 1.62. The van der Waals surface area contributed by atoms with Gasteiger partial charge in [-0.1, -0.05) is 18.2 Å². The standard InChI is InChI=1S/C12H12N2S/c1-7-11-9-5-3-4-6-10(9)15-12(11)8(2)14(7)13/h3-6H,13H2,1-2H3. The minimum absolute atomic E-state index is 1.15. The Morgan fingerprint density at radius 2 is 1.87 bits per heavy atom. The number of hydrogen-bond acceptors (Lipinski definition) is 2. The largest absolute Gasteiger partial charge is 0.339 e. The predicted octanol–water partition coefficient (Wildman–Crippen LogP) is 3.19. The van der Waals surface area contributed by atoms with Crippen LogP contribution in [0.4, 0.5) is 0 Å². The van der Waals surface area contributed by atoms with E-state index in [0.717, 1.165) is 11.4 Å². The van der Waals surface area contributed by atoms with Crippen LogP contribution in [-0.2, 0) is 0 Å². The molecule has 0 spiro atoms. The lowest BCUT2D eigenvalue weighted by atomic mass is 10.2. The molecule has 0 amide bonds. The molecule has 0 saturated heterocycles. The molecule has 0 unspecified atom stereocenters. The summed E-state index contributed by atoms with van der Waals surface area (Å²) in [5.74, 6) is 5.97. The summed E-state index contributed by atoms with van der Waals surface area (Å²) in [4.78, 5) is 0. The van der Waals surface area contributed by atoms with Crippen LogP contribution < -0.4 is 5.84 Å². The van der Waals surface area contributed by atoms with Gasteiger partial charge in [-0.2, -0.15) is 0 Å². The van der Waals surface area contributed by atoms with Crippen molar-refractivity contribution in [3.05, 3.63) is 35.7 Å². The minimum atomic E-state index is 1.15. The number of benzene rings is 1. The summed E-state index contributed by atoms with van der Waals surface area (Å²) in [6, 6.07) is 8.50. The van der Waals surface area contributed by atoms with Gasteiger partial charge in [-0.05, 0) is 19.9 Å². The number of nitrogen functional groups attached to an aromatic ring is 1. The number of fused-ring (bicyclic) bond motifs is 3. The maximum atomic E-state index is 5.97. The molecule has 0 aliphatic rings. The fourth-order valence-electron chi connectivity index (χ4n) is 2.14. The SMILES string of the molecule is Cc1c2sc3ccccc3c2c(C)n1N. The first-order chi connectivity index (χ1) is 7.20. The van der Waals surface area contributed by atoms with E-state index in [1.807, 2.05) is 11.3 Å². The number of aryl methyl sites for hydroxylation is 2. The molecule has 3 aromatic rings. The van der Waals surface area contributed by atoms with Gasteiger partial charge in [0.2, 0.25) is 0 Å². The fraction of sp³-hybridized carbons (Fsp3) is 0.167. The lowest BCUT2D eigenvalue weighted by Crippen LogP contribution is -2.11. The fourth-order valence-corrected chi connectivity index (χ4v) is 3.39. The molecule has 0 aliphatic heterocycles. The van der Waals surface area contributed by atoms with E-state index in [1.165, 1.54) is 20.2 Å². The van der Waals surface area contributed by atoms with E-state index in [9.17, 15) is 0 Å². The first-order valence-electron chi connectivity index (χ1n) is 4.94. The van der Waals surface area contributed by atoms with Crippen molar-refractivity contribution >= 4 is 31.5 Å². The maximum absolute atomic E-state index is 5.97. The van der Waals surface area contributed by atoms with Gasteiger partial charge in [0.1, 0.15) is 0 Å². The van der Waals surface area contributed by atoms with E-state index in [4.69, 9.17) is 5.84 Å². The Labute approximate surface area is 91.9 Å². The third-order valence-corrected chi connectivity index (χ3v) is 4.29. The summed E-state index contributed by atoms with van der Waals surface area (Å²) >= 11 is 1.82. The average molecular weight is 216 g/mol. The lowest BCUT2D eigenvalue weighted by Gasteiger charge is -1.99. The number of nitrogens with two attached hydrogens (primary N) is 1. The molecule has 15 heavy (non-hydrogen) atoms. The van der Waals surface area contributed by atoms with Crippen LogP contribution in [-0.4, -0.2) is 4.68 Å². The van der Waals surface area contributed by atoms with E-state index in [-0.39, 0.29) is 0 Å². The highest BCUT2D eigenvalue weighted by Crippen LogP contribution is 2.38. The molecule has 0 fully saturated rings. The monoisotopic (exact) mass is 216 g/mol. The van der Waals surface area contributed by atoms with E-state index < -0.39 is 0 Å². The molecule has 76 valence electrons. The van der Waals surface area contributed by atoms with Crippen LogP contribution in [0.25, 0.3) is 20.2 Å². The predicted molar refractivity (Wildman–Crippen MR) is 66.9 cm³/mol. The number of thiophene rings is 1. The van der Waals surface area contributed by atoms with Gasteiger partial charge in [0.15, 0.2) is 0 Å². The third kappa shape index (κ3) is 0.984. The van der Waals surface area contributed by atoms with Crippen LogP contribution in [0, 0.1) is 13.8 Å². The van der Waals surface area contributed by atoms with Gasteiger partial charge in [0, 0.05) is 21.2 Å². The van der Waals surface area contributed by atoms with Crippen LogP contribution >= 0.6 is 11.3 Å². The van der Waals surface area contributed by atoms with Gasteiger partial charge >= 0.3 is 0 Å². The topological polar surface area (TPSA) is 30.9 Å². The molecule has 0 aliphatic carbocycles. The zero-order chi connectivity index (χ0) is 10.6. The van der Waals surface area contributed by atoms with Crippen molar-refractivity contribution in [2.24, 2.45) is 0 Å². The van der Waals surface area contributed by atoms with Gasteiger partial charge in [0.05, 0.1) is 10.4 Å². The maximum Gasteiger partial charge on any atom is 0.0585 e. The molecule has 2 nitrogen and oxygen atoms in total. The molecule has 2 heterocycles. The molecule has 3 heteroatoms. The van der Waals surface area contributed by atoms with Gasteiger partial charge in [-0.15, -0.1) is 11.3 Å². The third-order valence-electron chi connectivity index (χ3n) is 3.01. The van der Waals surface area contributed by atoms with Crippen molar-refractivity contribution in [2.45, 2.75) is 13.8 Å². The number of nitrogens with zero attached hydrogens (tertiary/aromatic N) is 1. The Morgan fingerprint density at radius 1 is 1.13 bits per heavy atom. The van der Waals surface area contributed by atoms with E-state index in [1.54, 1.807) is 4.68 Å². The highest BCUT2D eigenvalue weighted by atomic mass is 32.1. The smallest absolute Gasteiger partial charge is 0.0585 e. The molecule has 0 bridgehead atoms. The van der Waals surface area contributed by atoms with Crippen LogP contribution in [0.5, 0.6) is 0 Å². The normalized spacial score (nSPS) is 11.6. The summed E-state index contributed by atoms with van der Waals surface area (Å²) < 4.78 is 4.44. The second kappa shape index (κ2) is 2.76. The second-order valence-electron chi connectivity index (χ2n) is 3.84. The highest BCUT2D eigenvalue weighted by molar-refractivity contribution is 7.26. The van der Waals surface area contributed by atoms with Crippen molar-refractivity contribution in [3.63, 3.8) is 0 Å². The number of rotatable bonds is 0. The van der Waals surface area contributed by atoms with Gasteiger partial charge in [-0.25, -0.2) is 0 Å². The Bertz CT molecular complexity index is 661. The molecule has 0 radical (unpaired) electrons. The van der Waals surface area contributed by atoms with Crippen LogP contribution in [0.2, 0.25) is 0 Å². The molecule has 3 rings (SSSR count). The van der Waals surface area contributed by atoms with E-state index >= 15 is 0 Å². The van der Waals surface area contributed by atoms with Crippen molar-refractivity contribution in [3.8, 4) is 0 Å². The van der Waals surface area contributed by atoms with Gasteiger partial charge < -0.3 is 5.84 Å². The van der Waals surface area contributed by atoms with Crippen molar-refractivity contribution in [2.75, 3.05) is 5.84 Å². The van der Waals surface area contributed by atoms with Crippen molar-refractivity contribution in [1.82, 2.24) is 4.68 Å². The summed E-state index contributed by atoms with van der Waals surface area (Å²) in [5, 5.41) is 2.64. The molecule has 1 aromatic carbocycles. The Morgan fingerprint density at radius 3 is 2.67 bits per heavy atom. The first-order valence-corrected chi connectivity index (χ1v) is 5.76. The molecule has 0 atom stereocenters. The zero-order valence-corrected chi connectivity index (χ0v) is 9.56. The lowest BCUT2D eigenvalue weighted by molar-refractivity contribution is 0.925. The van der Waals surface area contributed by atoms with Crippen LogP contribution in [0.3, 0.4) is 0 Å². The van der Waals surface area contributed by atoms with E-state index in [2.05, 4.69) is 38.1 Å². The first kappa shape index (κ1) is 8.80. The summed E-state index contributed by atoms with van der Waals surface area (Å²) in [5.41, 5.74) is 2.31. The molecule has 0 saturated carbocycles. The molecule has 2 N–H and O–H groups in total. The zero-order valence-electron chi connectivity index (χ0n) is 8.74. The average Bonchev–Trinajstić information content (AvgIpc) is 2.72. The summed E-state index contributed by atoms with van der Waals surface area (Å²) in [7, 11) is 0. The minimum Gasteiger partial charge on any atom is -0.339 e. The Balaban J connectivity index is 2.65. The molecular formula is C12H12N2S. The van der Waals surface area contributed by atoms with Gasteiger partial charge in [0.25, 0.3) is 0 Å². The number of aromatic nitrogens is 1. The number of hydrogen-bond donors (Lipinski definition) is 1. The van der Waals surface area contributed by atoms with Gasteiger partial charge in [-0.3, -0.25) is 4.68 Å². The van der Waals surface area contributed by atoms with Crippen molar-refractivity contribution in [1.29, 1.82) is 0 Å². The van der Waals surface area contributed by atoms with Crippen molar-refractivity contribution < 1.29 is 0 Å². The van der Waals surface area contributed by atoms with Crippen LogP contribution in [0.15, 0.2) is 24.3 Å². The van der Waals surface area contributed by atoms with Crippen LogP contribution in [0.1, 0.15) is 11.4 Å². The molecule has 2 aromatic heterocycles.